The molecule has 0 saturated heterocycles. The number of nitrogens with zero attached hydrogens (tertiary/aromatic N) is 2. The van der Waals surface area contributed by atoms with Crippen molar-refractivity contribution in [3.05, 3.63) is 0 Å². The molecule has 1 heterocycles. The largest absolute Gasteiger partial charge is 0.444 e. The van der Waals surface area contributed by atoms with E-state index in [1.165, 1.54) is 0 Å². The third-order valence-electron chi connectivity index (χ3n) is 3.95. The number of alkyl carbamates (subject to hydrolysis) is 1. The van der Waals surface area contributed by atoms with Gasteiger partial charge in [0.05, 0.1) is 0 Å². The third kappa shape index (κ3) is 4.62. The lowest BCUT2D eigenvalue weighted by Gasteiger charge is -2.31. The Morgan fingerprint density at radius 1 is 1.12 bits per heavy atom. The minimum atomic E-state index is -1.17. The van der Waals surface area contributed by atoms with E-state index in [9.17, 15) is 14.7 Å². The van der Waals surface area contributed by atoms with Crippen LogP contribution in [0, 0.1) is 0 Å². The van der Waals surface area contributed by atoms with E-state index in [-0.39, 0.29) is 5.96 Å². The van der Waals surface area contributed by atoms with Crippen molar-refractivity contribution in [2.45, 2.75) is 90.2 Å². The van der Waals surface area contributed by atoms with Gasteiger partial charge in [-0.1, -0.05) is 12.8 Å². The number of amides is 2. The molecule has 0 aromatic carbocycles. The molecule has 0 bridgehead atoms. The summed E-state index contributed by atoms with van der Waals surface area (Å²) in [5, 5.41) is 13.2. The first-order valence-corrected chi connectivity index (χ1v) is 8.63. The normalized spacial score (nSPS) is 22.8. The van der Waals surface area contributed by atoms with Crippen LogP contribution in [0.25, 0.3) is 0 Å². The zero-order chi connectivity index (χ0) is 19.0. The van der Waals surface area contributed by atoms with Gasteiger partial charge in [-0.15, -0.1) is 0 Å². The number of aliphatic hydroxyl groups excluding tert-OH is 1. The van der Waals surface area contributed by atoms with E-state index in [1.54, 1.807) is 41.5 Å². The number of aliphatic imine (C=N–C) groups is 1. The summed E-state index contributed by atoms with van der Waals surface area (Å²) in [6, 6.07) is 0. The molecule has 2 rings (SSSR count). The van der Waals surface area contributed by atoms with Gasteiger partial charge >= 0.3 is 12.2 Å². The molecule has 2 N–H and O–H groups in total. The Kier molecular flexibility index (Phi) is 5.05. The SMILES string of the molecule is CC(C)(C)OC(=O)NC1=NC2(CCCC2)C(O)N1C(=O)OC(C)(C)C. The van der Waals surface area contributed by atoms with Gasteiger partial charge in [0, 0.05) is 0 Å². The first kappa shape index (κ1) is 19.5. The van der Waals surface area contributed by atoms with Crippen molar-refractivity contribution in [2.75, 3.05) is 0 Å². The Morgan fingerprint density at radius 3 is 2.12 bits per heavy atom. The molecule has 1 saturated carbocycles. The summed E-state index contributed by atoms with van der Waals surface area (Å²) in [5.74, 6) is -0.0297. The number of guanidine groups is 1. The molecule has 142 valence electrons. The molecular weight excluding hydrogens is 326 g/mol. The van der Waals surface area contributed by atoms with Crippen LogP contribution in [-0.2, 0) is 9.47 Å². The monoisotopic (exact) mass is 355 g/mol. The Balaban J connectivity index is 2.24. The fraction of sp³-hybridized carbons (Fsp3) is 0.824. The van der Waals surface area contributed by atoms with Crippen molar-refractivity contribution in [1.29, 1.82) is 0 Å². The van der Waals surface area contributed by atoms with E-state index in [4.69, 9.17) is 9.47 Å². The van der Waals surface area contributed by atoms with E-state index in [2.05, 4.69) is 10.3 Å². The number of carbonyl (C=O) groups excluding carboxylic acids is 2. The quantitative estimate of drug-likeness (QED) is 0.696. The standard InChI is InChI=1S/C17H29N3O5/c1-15(2,3)24-13(22)18-12-19-17(9-7-8-10-17)11(21)20(12)14(23)25-16(4,5)6/h11,21H,7-10H2,1-6H3,(H,18,19,22). The Bertz CT molecular complexity index is 568. The molecule has 2 aliphatic rings. The van der Waals surface area contributed by atoms with Crippen molar-refractivity contribution in [1.82, 2.24) is 10.2 Å². The molecule has 1 aliphatic heterocycles. The van der Waals surface area contributed by atoms with Crippen molar-refractivity contribution in [3.8, 4) is 0 Å². The lowest BCUT2D eigenvalue weighted by atomic mass is 9.97. The highest BCUT2D eigenvalue weighted by molar-refractivity contribution is 6.03. The highest BCUT2D eigenvalue weighted by Crippen LogP contribution is 2.41. The zero-order valence-corrected chi connectivity index (χ0v) is 15.9. The molecule has 8 nitrogen and oxygen atoms in total. The highest BCUT2D eigenvalue weighted by Gasteiger charge is 2.53. The van der Waals surface area contributed by atoms with E-state index >= 15 is 0 Å². The molecule has 1 unspecified atom stereocenters. The predicted octanol–water partition coefficient (Wildman–Crippen LogP) is 2.75. The number of hydrogen-bond acceptors (Lipinski definition) is 6. The Morgan fingerprint density at radius 2 is 1.64 bits per heavy atom. The van der Waals surface area contributed by atoms with Crippen molar-refractivity contribution in [3.63, 3.8) is 0 Å². The van der Waals surface area contributed by atoms with Crippen LogP contribution >= 0.6 is 0 Å². The zero-order valence-electron chi connectivity index (χ0n) is 15.9. The van der Waals surface area contributed by atoms with Crippen molar-refractivity contribution < 1.29 is 24.2 Å². The van der Waals surface area contributed by atoms with Gasteiger partial charge in [-0.05, 0) is 54.4 Å². The smallest absolute Gasteiger partial charge is 0.419 e. The molecule has 1 fully saturated rings. The maximum Gasteiger partial charge on any atom is 0.419 e. The summed E-state index contributed by atoms with van der Waals surface area (Å²) < 4.78 is 10.6. The molecular formula is C17H29N3O5. The molecule has 0 aromatic heterocycles. The predicted molar refractivity (Wildman–Crippen MR) is 92.1 cm³/mol. The Labute approximate surface area is 148 Å². The van der Waals surface area contributed by atoms with E-state index in [1.807, 2.05) is 0 Å². The lowest BCUT2D eigenvalue weighted by Crippen LogP contribution is -2.53. The van der Waals surface area contributed by atoms with Gasteiger partial charge in [-0.25, -0.2) is 19.5 Å². The Hall–Kier alpha value is -1.83. The van der Waals surface area contributed by atoms with Crippen LogP contribution < -0.4 is 5.32 Å². The molecule has 1 aliphatic carbocycles. The van der Waals surface area contributed by atoms with Crippen LogP contribution in [0.5, 0.6) is 0 Å². The van der Waals surface area contributed by atoms with Crippen molar-refractivity contribution >= 4 is 18.1 Å². The number of rotatable bonds is 0. The second-order valence-corrected chi connectivity index (χ2v) is 8.60. The topological polar surface area (TPSA) is 100 Å². The summed E-state index contributed by atoms with van der Waals surface area (Å²) in [5.41, 5.74) is -2.22. The summed E-state index contributed by atoms with van der Waals surface area (Å²) in [4.78, 5) is 30.2. The van der Waals surface area contributed by atoms with E-state index in [0.29, 0.717) is 12.8 Å². The fourth-order valence-corrected chi connectivity index (χ4v) is 3.02. The molecule has 0 aromatic rings. The van der Waals surface area contributed by atoms with Gasteiger partial charge in [0.1, 0.15) is 16.7 Å². The number of ether oxygens (including phenoxy) is 2. The fourth-order valence-electron chi connectivity index (χ4n) is 3.02. The average Bonchev–Trinajstić information content (AvgIpc) is 2.92. The second-order valence-electron chi connectivity index (χ2n) is 8.60. The van der Waals surface area contributed by atoms with Gasteiger partial charge in [0.2, 0.25) is 5.96 Å². The maximum atomic E-state index is 12.6. The van der Waals surface area contributed by atoms with Crippen LogP contribution in [0.1, 0.15) is 67.2 Å². The summed E-state index contributed by atoms with van der Waals surface area (Å²) in [6.07, 6.45) is 0.445. The summed E-state index contributed by atoms with van der Waals surface area (Å²) in [6.45, 7) is 10.4. The number of hydrogen-bond donors (Lipinski definition) is 2. The lowest BCUT2D eigenvalue weighted by molar-refractivity contribution is -0.0218. The molecule has 1 spiro atoms. The third-order valence-corrected chi connectivity index (χ3v) is 3.95. The van der Waals surface area contributed by atoms with Crippen LogP contribution in [-0.4, -0.2) is 51.1 Å². The molecule has 1 atom stereocenters. The van der Waals surface area contributed by atoms with Gasteiger partial charge in [-0.3, -0.25) is 5.32 Å². The van der Waals surface area contributed by atoms with Gasteiger partial charge < -0.3 is 14.6 Å². The average molecular weight is 355 g/mol. The van der Waals surface area contributed by atoms with Crippen LogP contribution in [0.15, 0.2) is 4.99 Å². The highest BCUT2D eigenvalue weighted by atomic mass is 16.6. The number of carbonyl (C=O) groups is 2. The minimum absolute atomic E-state index is 0.0297. The summed E-state index contributed by atoms with van der Waals surface area (Å²) in [7, 11) is 0. The first-order valence-electron chi connectivity index (χ1n) is 8.63. The summed E-state index contributed by atoms with van der Waals surface area (Å²) >= 11 is 0. The first-order chi connectivity index (χ1) is 11.3. The minimum Gasteiger partial charge on any atom is -0.444 e. The second kappa shape index (κ2) is 6.48. The molecule has 2 amide bonds. The van der Waals surface area contributed by atoms with Crippen LogP contribution in [0.2, 0.25) is 0 Å². The van der Waals surface area contributed by atoms with E-state index in [0.717, 1.165) is 17.7 Å². The number of aliphatic hydroxyl groups is 1. The van der Waals surface area contributed by atoms with Crippen LogP contribution in [0.3, 0.4) is 0 Å². The van der Waals surface area contributed by atoms with E-state index < -0.39 is 35.2 Å². The molecule has 0 radical (unpaired) electrons. The van der Waals surface area contributed by atoms with Gasteiger partial charge in [0.15, 0.2) is 6.23 Å². The van der Waals surface area contributed by atoms with Gasteiger partial charge in [0.25, 0.3) is 0 Å². The number of nitrogens with one attached hydrogen (secondary N) is 1. The van der Waals surface area contributed by atoms with Crippen molar-refractivity contribution in [2.24, 2.45) is 4.99 Å². The van der Waals surface area contributed by atoms with Gasteiger partial charge in [-0.2, -0.15) is 0 Å². The molecule has 25 heavy (non-hydrogen) atoms. The maximum absolute atomic E-state index is 12.6. The van der Waals surface area contributed by atoms with Crippen LogP contribution in [0.4, 0.5) is 9.59 Å². The molecule has 8 heteroatoms.